The van der Waals surface area contributed by atoms with Crippen LogP contribution >= 0.6 is 0 Å². The molecule has 0 bridgehead atoms. The molecule has 6 nitrogen and oxygen atoms in total. The summed E-state index contributed by atoms with van der Waals surface area (Å²) in [6.07, 6.45) is 2.98. The van der Waals surface area contributed by atoms with Crippen molar-refractivity contribution in [2.75, 3.05) is 13.1 Å². The molecule has 21 heavy (non-hydrogen) atoms. The quantitative estimate of drug-likeness (QED) is 0.892. The van der Waals surface area contributed by atoms with Gasteiger partial charge in [-0.15, -0.1) is 0 Å². The van der Waals surface area contributed by atoms with E-state index in [-0.39, 0.29) is 0 Å². The van der Waals surface area contributed by atoms with E-state index in [2.05, 4.69) is 31.8 Å². The predicted molar refractivity (Wildman–Crippen MR) is 82.6 cm³/mol. The molecule has 110 valence electrons. The van der Waals surface area contributed by atoms with E-state index < -0.39 is 0 Å². The number of aryl methyl sites for hydroxylation is 2. The van der Waals surface area contributed by atoms with Gasteiger partial charge in [0.1, 0.15) is 0 Å². The number of hydrogen-bond acceptors (Lipinski definition) is 5. The Morgan fingerprint density at radius 2 is 2.24 bits per heavy atom. The van der Waals surface area contributed by atoms with Gasteiger partial charge >= 0.3 is 0 Å². The Balaban J connectivity index is 1.66. The average Bonchev–Trinajstić information content (AvgIpc) is 2.85. The average molecular weight is 284 g/mol. The minimum atomic E-state index is 0.718. The van der Waals surface area contributed by atoms with Crippen molar-refractivity contribution in [2.24, 2.45) is 4.99 Å². The fourth-order valence-corrected chi connectivity index (χ4v) is 2.34. The van der Waals surface area contributed by atoms with Crippen molar-refractivity contribution in [3.8, 4) is 5.82 Å². The van der Waals surface area contributed by atoms with Gasteiger partial charge in [-0.1, -0.05) is 6.07 Å². The van der Waals surface area contributed by atoms with Crippen molar-refractivity contribution in [1.29, 1.82) is 0 Å². The smallest absolute Gasteiger partial charge is 0.191 e. The first-order chi connectivity index (χ1) is 10.2. The van der Waals surface area contributed by atoms with Crippen molar-refractivity contribution < 1.29 is 0 Å². The first-order valence-electron chi connectivity index (χ1n) is 7.23. The maximum Gasteiger partial charge on any atom is 0.191 e. The van der Waals surface area contributed by atoms with Crippen LogP contribution < -0.4 is 10.6 Å². The zero-order valence-corrected chi connectivity index (χ0v) is 12.4. The van der Waals surface area contributed by atoms with Gasteiger partial charge in [0.15, 0.2) is 11.8 Å². The number of guanidine groups is 1. The molecule has 0 spiro atoms. The van der Waals surface area contributed by atoms with Crippen molar-refractivity contribution >= 4 is 5.96 Å². The van der Waals surface area contributed by atoms with E-state index in [9.17, 15) is 0 Å². The van der Waals surface area contributed by atoms with Crippen molar-refractivity contribution in [3.63, 3.8) is 0 Å². The number of pyridine rings is 1. The molecule has 0 unspecified atom stereocenters. The summed E-state index contributed by atoms with van der Waals surface area (Å²) in [6, 6.07) is 6.10. The molecule has 3 heterocycles. The lowest BCUT2D eigenvalue weighted by Gasteiger charge is -2.15. The highest BCUT2D eigenvalue weighted by molar-refractivity contribution is 5.80. The van der Waals surface area contributed by atoms with E-state index in [0.717, 1.165) is 54.8 Å². The molecule has 2 aromatic heterocycles. The second kappa shape index (κ2) is 5.95. The van der Waals surface area contributed by atoms with Crippen molar-refractivity contribution in [2.45, 2.75) is 26.8 Å². The number of aliphatic imine (C=N–C) groups is 1. The zero-order chi connectivity index (χ0) is 14.7. The Labute approximate surface area is 124 Å². The fraction of sp³-hybridized carbons (Fsp3) is 0.400. The Morgan fingerprint density at radius 3 is 2.86 bits per heavy atom. The van der Waals surface area contributed by atoms with Crippen LogP contribution in [0.2, 0.25) is 0 Å². The highest BCUT2D eigenvalue weighted by Gasteiger charge is 2.06. The Morgan fingerprint density at radius 1 is 1.33 bits per heavy atom. The van der Waals surface area contributed by atoms with Gasteiger partial charge in [-0.25, -0.2) is 9.67 Å². The van der Waals surface area contributed by atoms with E-state index in [4.69, 9.17) is 0 Å². The molecular weight excluding hydrogens is 264 g/mol. The molecule has 0 saturated heterocycles. The van der Waals surface area contributed by atoms with Gasteiger partial charge in [0.25, 0.3) is 0 Å². The van der Waals surface area contributed by atoms with Gasteiger partial charge in [-0.2, -0.15) is 5.10 Å². The molecule has 1 aliphatic heterocycles. The molecule has 0 amide bonds. The van der Waals surface area contributed by atoms with Crippen LogP contribution in [-0.2, 0) is 6.54 Å². The molecule has 0 radical (unpaired) electrons. The summed E-state index contributed by atoms with van der Waals surface area (Å²) in [5.41, 5.74) is 3.21. The third kappa shape index (κ3) is 3.21. The third-order valence-corrected chi connectivity index (χ3v) is 3.39. The summed E-state index contributed by atoms with van der Waals surface area (Å²) in [5, 5.41) is 11.0. The van der Waals surface area contributed by atoms with Gasteiger partial charge in [0, 0.05) is 31.5 Å². The van der Waals surface area contributed by atoms with Gasteiger partial charge in [-0.3, -0.25) is 4.99 Å². The first-order valence-corrected chi connectivity index (χ1v) is 7.23. The van der Waals surface area contributed by atoms with Crippen LogP contribution in [-0.4, -0.2) is 33.8 Å². The van der Waals surface area contributed by atoms with Crippen LogP contribution in [0.5, 0.6) is 0 Å². The van der Waals surface area contributed by atoms with E-state index in [1.165, 1.54) is 0 Å². The molecule has 1 aliphatic rings. The maximum atomic E-state index is 4.49. The molecule has 0 saturated carbocycles. The van der Waals surface area contributed by atoms with Gasteiger partial charge in [0.05, 0.1) is 5.69 Å². The van der Waals surface area contributed by atoms with Gasteiger partial charge in [-0.05, 0) is 38.0 Å². The number of hydrogen-bond donors (Lipinski definition) is 2. The number of rotatable bonds is 3. The normalized spacial score (nSPS) is 14.5. The van der Waals surface area contributed by atoms with Gasteiger partial charge in [0.2, 0.25) is 0 Å². The topological polar surface area (TPSA) is 67.1 Å². The molecule has 0 aliphatic carbocycles. The summed E-state index contributed by atoms with van der Waals surface area (Å²) >= 11 is 0. The molecule has 2 N–H and O–H groups in total. The largest absolute Gasteiger partial charge is 0.356 e. The lowest BCUT2D eigenvalue weighted by molar-refractivity contribution is 0.701. The Bertz CT molecular complexity index is 641. The van der Waals surface area contributed by atoms with Crippen LogP contribution in [0, 0.1) is 13.8 Å². The van der Waals surface area contributed by atoms with Crippen molar-refractivity contribution in [1.82, 2.24) is 25.4 Å². The molecule has 6 heteroatoms. The minimum Gasteiger partial charge on any atom is -0.356 e. The third-order valence-electron chi connectivity index (χ3n) is 3.39. The maximum absolute atomic E-state index is 4.49. The standard InChI is InChI=1S/C15H20N6/c1-11-8-12(2)21(20-11)14-5-4-13(9-18-14)10-19-15-16-6-3-7-17-15/h4-5,8-9H,3,6-7,10H2,1-2H3,(H2,16,17,19). The Kier molecular flexibility index (Phi) is 3.85. The van der Waals surface area contributed by atoms with E-state index in [1.807, 2.05) is 36.9 Å². The number of nitrogens with zero attached hydrogens (tertiary/aromatic N) is 4. The molecule has 2 aromatic rings. The monoisotopic (exact) mass is 284 g/mol. The molecular formula is C15H20N6. The molecule has 3 rings (SSSR count). The second-order valence-corrected chi connectivity index (χ2v) is 5.23. The zero-order valence-electron chi connectivity index (χ0n) is 12.4. The molecule has 0 fully saturated rings. The number of aromatic nitrogens is 3. The van der Waals surface area contributed by atoms with Crippen LogP contribution in [0.1, 0.15) is 23.4 Å². The van der Waals surface area contributed by atoms with E-state index in [0.29, 0.717) is 0 Å². The summed E-state index contributed by atoms with van der Waals surface area (Å²) in [4.78, 5) is 8.87. The predicted octanol–water partition coefficient (Wildman–Crippen LogP) is 1.32. The van der Waals surface area contributed by atoms with Gasteiger partial charge < -0.3 is 10.6 Å². The summed E-state index contributed by atoms with van der Waals surface area (Å²) in [7, 11) is 0. The summed E-state index contributed by atoms with van der Waals surface area (Å²) in [5.74, 6) is 1.72. The van der Waals surface area contributed by atoms with Crippen LogP contribution in [0.3, 0.4) is 0 Å². The fourth-order valence-electron chi connectivity index (χ4n) is 2.34. The lowest BCUT2D eigenvalue weighted by atomic mass is 10.3. The van der Waals surface area contributed by atoms with Crippen molar-refractivity contribution in [3.05, 3.63) is 41.3 Å². The van der Waals surface area contributed by atoms with Crippen LogP contribution in [0.25, 0.3) is 5.82 Å². The van der Waals surface area contributed by atoms with Crippen LogP contribution in [0.4, 0.5) is 0 Å². The summed E-state index contributed by atoms with van der Waals surface area (Å²) in [6.45, 7) is 6.62. The lowest BCUT2D eigenvalue weighted by Crippen LogP contribution is -2.40. The highest BCUT2D eigenvalue weighted by atomic mass is 15.3. The SMILES string of the molecule is Cc1cc(C)n(-c2ccc(CNC3=NCCCN3)cn2)n1. The second-order valence-electron chi connectivity index (χ2n) is 5.23. The molecule has 0 atom stereocenters. The first kappa shape index (κ1) is 13.6. The van der Waals surface area contributed by atoms with Crippen LogP contribution in [0.15, 0.2) is 29.4 Å². The van der Waals surface area contributed by atoms with E-state index >= 15 is 0 Å². The number of nitrogens with one attached hydrogen (secondary N) is 2. The highest BCUT2D eigenvalue weighted by Crippen LogP contribution is 2.10. The molecule has 0 aromatic carbocycles. The Hall–Kier alpha value is -2.37. The minimum absolute atomic E-state index is 0.718. The van der Waals surface area contributed by atoms with E-state index in [1.54, 1.807) is 0 Å². The summed E-state index contributed by atoms with van der Waals surface area (Å²) < 4.78 is 1.86.